The number of fused-ring (bicyclic) bond motifs is 2. The Kier molecular flexibility index (Phi) is 11.8. The van der Waals surface area contributed by atoms with Crippen LogP contribution in [-0.4, -0.2) is 102 Å². The fourth-order valence-corrected chi connectivity index (χ4v) is 9.14. The van der Waals surface area contributed by atoms with Gasteiger partial charge in [-0.2, -0.15) is 0 Å². The summed E-state index contributed by atoms with van der Waals surface area (Å²) in [6.07, 6.45) is 11.9. The number of allylic oxidation sites excluding steroid dienone is 2. The minimum Gasteiger partial charge on any atom is -0.462 e. The maximum atomic E-state index is 14.2. The number of aliphatic hydroxyl groups excluding tert-OH is 1. The average molecular weight is 740 g/mol. The van der Waals surface area contributed by atoms with Crippen LogP contribution < -0.4 is 5.73 Å². The molecular formula is C42H61NO10. The van der Waals surface area contributed by atoms with Crippen molar-refractivity contribution >= 4 is 5.97 Å². The number of hydrogen-bond acceptors (Lipinski definition) is 11. The van der Waals surface area contributed by atoms with E-state index in [1.165, 1.54) is 0 Å². The van der Waals surface area contributed by atoms with Crippen molar-refractivity contribution in [3.63, 3.8) is 0 Å². The summed E-state index contributed by atoms with van der Waals surface area (Å²) in [4.78, 5) is 14.2. The van der Waals surface area contributed by atoms with Crippen molar-refractivity contribution < 1.29 is 48.2 Å². The Bertz CT molecular complexity index is 1530. The first-order valence-electron chi connectivity index (χ1n) is 19.3. The van der Waals surface area contributed by atoms with Crippen LogP contribution in [0.25, 0.3) is 0 Å². The van der Waals surface area contributed by atoms with Gasteiger partial charge < -0.3 is 49.1 Å². The molecule has 0 aromatic heterocycles. The largest absolute Gasteiger partial charge is 0.462 e. The molecule has 15 atom stereocenters. The lowest BCUT2D eigenvalue weighted by atomic mass is 9.71. The molecule has 11 heteroatoms. The van der Waals surface area contributed by atoms with E-state index in [2.05, 4.69) is 46.4 Å². The Hall–Kier alpha value is -2.45. The van der Waals surface area contributed by atoms with E-state index >= 15 is 0 Å². The maximum Gasteiger partial charge on any atom is 0.316 e. The van der Waals surface area contributed by atoms with E-state index in [9.17, 15) is 15.0 Å². The molecule has 6 aliphatic rings. The fourth-order valence-electron chi connectivity index (χ4n) is 9.14. The third kappa shape index (κ3) is 7.58. The summed E-state index contributed by atoms with van der Waals surface area (Å²) < 4.78 is 44.8. The van der Waals surface area contributed by atoms with Gasteiger partial charge >= 0.3 is 5.97 Å². The number of hydrogen-bond donors (Lipinski definition) is 3. The minimum absolute atomic E-state index is 0.0485. The molecular weight excluding hydrogens is 678 g/mol. The molecule has 11 nitrogen and oxygen atoms in total. The second-order valence-electron chi connectivity index (χ2n) is 16.5. The molecule has 0 aromatic rings. The van der Waals surface area contributed by atoms with E-state index in [-0.39, 0.29) is 42.7 Å². The Labute approximate surface area is 314 Å². The highest BCUT2D eigenvalue weighted by Gasteiger charge is 2.60. The van der Waals surface area contributed by atoms with Crippen molar-refractivity contribution in [2.75, 3.05) is 13.7 Å². The topological polar surface area (TPSA) is 148 Å². The number of carbonyl (C=O) groups excluding carboxylic acids is 1. The molecule has 5 heterocycles. The highest BCUT2D eigenvalue weighted by Crippen LogP contribution is 2.47. The lowest BCUT2D eigenvalue weighted by molar-refractivity contribution is -0.299. The second kappa shape index (κ2) is 15.6. The lowest BCUT2D eigenvalue weighted by Crippen LogP contribution is -2.63. The Morgan fingerprint density at radius 2 is 1.83 bits per heavy atom. The van der Waals surface area contributed by atoms with Gasteiger partial charge in [0.1, 0.15) is 29.8 Å². The molecule has 1 aliphatic carbocycles. The van der Waals surface area contributed by atoms with Crippen LogP contribution in [-0.2, 0) is 38.0 Å². The Morgan fingerprint density at radius 3 is 2.53 bits per heavy atom. The lowest BCUT2D eigenvalue weighted by Gasteiger charge is -2.48. The van der Waals surface area contributed by atoms with E-state index in [0.717, 1.165) is 5.57 Å². The smallest absolute Gasteiger partial charge is 0.316 e. The van der Waals surface area contributed by atoms with Gasteiger partial charge in [-0.05, 0) is 55.9 Å². The summed E-state index contributed by atoms with van der Waals surface area (Å²) in [6, 6.07) is 0. The molecule has 0 saturated carbocycles. The molecule has 3 fully saturated rings. The van der Waals surface area contributed by atoms with Crippen LogP contribution in [0.15, 0.2) is 71.9 Å². The normalized spacial score (nSPS) is 48.9. The third-order valence-corrected chi connectivity index (χ3v) is 12.4. The molecule has 0 amide bonds. The van der Waals surface area contributed by atoms with Crippen LogP contribution >= 0.6 is 0 Å². The van der Waals surface area contributed by atoms with E-state index in [1.54, 1.807) is 32.3 Å². The zero-order valence-electron chi connectivity index (χ0n) is 32.6. The number of rotatable bonds is 5. The Balaban J connectivity index is 1.38. The third-order valence-electron chi connectivity index (χ3n) is 12.4. The number of methoxy groups -OCH3 is 1. The van der Waals surface area contributed by atoms with Crippen molar-refractivity contribution in [3.8, 4) is 0 Å². The van der Waals surface area contributed by atoms with E-state index in [1.807, 2.05) is 32.1 Å². The number of nitrogens with two attached hydrogens (primary N) is 1. The summed E-state index contributed by atoms with van der Waals surface area (Å²) in [5.41, 5.74) is 5.99. The fraction of sp³-hybridized carbons (Fsp3) is 0.690. The van der Waals surface area contributed by atoms with Crippen LogP contribution in [0.2, 0.25) is 0 Å². The predicted octanol–water partition coefficient (Wildman–Crippen LogP) is 4.97. The molecule has 0 radical (unpaired) electrons. The van der Waals surface area contributed by atoms with Crippen LogP contribution in [0.5, 0.6) is 0 Å². The average Bonchev–Trinajstić information content (AvgIpc) is 3.46. The summed E-state index contributed by atoms with van der Waals surface area (Å²) in [5, 5.41) is 23.5. The van der Waals surface area contributed by atoms with E-state index in [4.69, 9.17) is 38.9 Å². The summed E-state index contributed by atoms with van der Waals surface area (Å²) >= 11 is 0. The van der Waals surface area contributed by atoms with Gasteiger partial charge in [0, 0.05) is 38.2 Å². The SMILES string of the molecule is C=C[C@@]1(N)[C@H](C)O[C@@H](O[C@@H]2/C(C)=C/C[C@@H]3C[C@@H](C[C@]4(C=C[C@H](C)[C@@H](C(C)C)O4)O3)OC(=O)[C@@H]3C=C(C)[C@@H](O)[C@H]4OC/C(=C\C=C\[C@@H]2C)[C@]43O)C[C@@H]1OC. The zero-order valence-corrected chi connectivity index (χ0v) is 32.6. The summed E-state index contributed by atoms with van der Waals surface area (Å²) in [5.74, 6) is -2.50. The molecule has 6 rings (SSSR count). The molecule has 4 N–H and O–H groups in total. The molecule has 0 aromatic carbocycles. The highest BCUT2D eigenvalue weighted by molar-refractivity contribution is 5.78. The monoisotopic (exact) mass is 739 g/mol. The van der Waals surface area contributed by atoms with Gasteiger partial charge in [0.2, 0.25) is 0 Å². The van der Waals surface area contributed by atoms with Gasteiger partial charge in [-0.3, -0.25) is 4.79 Å². The standard InChI is InChI=1S/C42H61NO10/c1-10-41(43)28(8)49-34(20-33(41)47-9)51-37-24(4)12-11-13-29-22-48-38-35(44)27(7)18-32(42(29,38)46)39(45)50-31-19-30(15-14-25(37)5)52-40(21-31)17-16-26(6)36(53-40)23(2)3/h10-14,16-18,23-24,26,28,30-38,44,46H,1,15,19-22,43H2,2-9H3/b12-11+,25-14+,29-13+/t24-,26-,28-,30+,31-,32-,33-,34-,35+,36+,37-,38+,40+,41+,42+/m0/s1. The van der Waals surface area contributed by atoms with Gasteiger partial charge in [0.15, 0.2) is 12.1 Å². The predicted molar refractivity (Wildman–Crippen MR) is 199 cm³/mol. The van der Waals surface area contributed by atoms with Gasteiger partial charge in [-0.25, -0.2) is 0 Å². The molecule has 2 bridgehead atoms. The quantitative estimate of drug-likeness (QED) is 0.259. The van der Waals surface area contributed by atoms with Crippen LogP contribution in [0.3, 0.4) is 0 Å². The summed E-state index contributed by atoms with van der Waals surface area (Å²) in [7, 11) is 1.64. The van der Waals surface area contributed by atoms with E-state index < -0.39 is 65.6 Å². The molecule has 53 heavy (non-hydrogen) atoms. The van der Waals surface area contributed by atoms with Gasteiger partial charge in [-0.15, -0.1) is 6.58 Å². The van der Waals surface area contributed by atoms with Crippen molar-refractivity contribution in [1.82, 2.24) is 0 Å². The number of carbonyl (C=O) groups is 1. The molecule has 1 spiro atoms. The Morgan fingerprint density at radius 1 is 1.08 bits per heavy atom. The van der Waals surface area contributed by atoms with Crippen LogP contribution in [0.1, 0.15) is 74.1 Å². The minimum atomic E-state index is -1.81. The van der Waals surface area contributed by atoms with Crippen LogP contribution in [0, 0.1) is 23.7 Å². The van der Waals surface area contributed by atoms with Crippen molar-refractivity contribution in [2.45, 2.75) is 146 Å². The van der Waals surface area contributed by atoms with E-state index in [0.29, 0.717) is 36.8 Å². The van der Waals surface area contributed by atoms with Gasteiger partial charge in [0.05, 0.1) is 42.7 Å². The molecule has 0 unspecified atom stereocenters. The number of ether oxygens (including phenoxy) is 7. The van der Waals surface area contributed by atoms with Gasteiger partial charge in [-0.1, -0.05) is 70.2 Å². The molecule has 3 saturated heterocycles. The highest BCUT2D eigenvalue weighted by atomic mass is 16.7. The van der Waals surface area contributed by atoms with Gasteiger partial charge in [0.25, 0.3) is 0 Å². The number of aliphatic hydroxyl groups is 2. The summed E-state index contributed by atoms with van der Waals surface area (Å²) in [6.45, 7) is 18.1. The first kappa shape index (κ1) is 40.2. The zero-order chi connectivity index (χ0) is 38.5. The van der Waals surface area contributed by atoms with Crippen molar-refractivity contribution in [3.05, 3.63) is 71.9 Å². The van der Waals surface area contributed by atoms with Crippen LogP contribution in [0.4, 0.5) is 0 Å². The maximum absolute atomic E-state index is 14.2. The first-order valence-corrected chi connectivity index (χ1v) is 19.3. The molecule has 294 valence electrons. The first-order chi connectivity index (χ1) is 25.0. The van der Waals surface area contributed by atoms with Crippen molar-refractivity contribution in [1.29, 1.82) is 0 Å². The second-order valence-corrected chi connectivity index (χ2v) is 16.5. The molecule has 5 aliphatic heterocycles. The number of esters is 1. The van der Waals surface area contributed by atoms with Crippen molar-refractivity contribution in [2.24, 2.45) is 29.4 Å².